The number of hydrogen-bond donors (Lipinski definition) is 1. The molecule has 0 aliphatic rings. The third kappa shape index (κ3) is 4.17. The number of carbonyl (C=O) groups is 1. The first-order valence-corrected chi connectivity index (χ1v) is 8.92. The van der Waals surface area contributed by atoms with Crippen LogP contribution < -0.4 is 5.32 Å². The van der Waals surface area contributed by atoms with Gasteiger partial charge in [-0.3, -0.25) is 4.79 Å². The zero-order valence-corrected chi connectivity index (χ0v) is 14.0. The van der Waals surface area contributed by atoms with E-state index in [9.17, 15) is 17.6 Å². The standard InChI is InChI=1S/C14H19ClFNO3S/c1-5-14(4,6-2)17-13(18)10-7-11(16)9(3)12(8-10)21(15,19)20/h7-8H,5-6H2,1-4H3,(H,17,18). The minimum Gasteiger partial charge on any atom is -0.347 e. The summed E-state index contributed by atoms with van der Waals surface area (Å²) in [4.78, 5) is 11.8. The molecule has 4 nitrogen and oxygen atoms in total. The Morgan fingerprint density at radius 1 is 1.33 bits per heavy atom. The van der Waals surface area contributed by atoms with Crippen LogP contribution in [0.15, 0.2) is 17.0 Å². The lowest BCUT2D eigenvalue weighted by Crippen LogP contribution is -2.45. The molecule has 1 amide bonds. The molecule has 1 rings (SSSR count). The first-order valence-electron chi connectivity index (χ1n) is 6.61. The second-order valence-electron chi connectivity index (χ2n) is 5.24. The van der Waals surface area contributed by atoms with Crippen molar-refractivity contribution in [1.29, 1.82) is 0 Å². The molecular formula is C14H19ClFNO3S. The van der Waals surface area contributed by atoms with Crippen LogP contribution in [0.3, 0.4) is 0 Å². The fourth-order valence-electron chi connectivity index (χ4n) is 1.81. The lowest BCUT2D eigenvalue weighted by Gasteiger charge is -2.28. The molecule has 0 unspecified atom stereocenters. The van der Waals surface area contributed by atoms with Crippen molar-refractivity contribution in [3.8, 4) is 0 Å². The van der Waals surface area contributed by atoms with Crippen molar-refractivity contribution in [2.24, 2.45) is 0 Å². The summed E-state index contributed by atoms with van der Waals surface area (Å²) in [7, 11) is 1.16. The highest BCUT2D eigenvalue weighted by molar-refractivity contribution is 8.13. The summed E-state index contributed by atoms with van der Waals surface area (Å²) in [5.74, 6) is -1.31. The third-order valence-corrected chi connectivity index (χ3v) is 5.25. The van der Waals surface area contributed by atoms with Gasteiger partial charge in [-0.2, -0.15) is 0 Å². The maximum absolute atomic E-state index is 13.8. The molecular weight excluding hydrogens is 317 g/mol. The molecule has 1 aromatic carbocycles. The number of carbonyl (C=O) groups excluding carboxylic acids is 1. The number of nitrogens with one attached hydrogen (secondary N) is 1. The summed E-state index contributed by atoms with van der Waals surface area (Å²) in [6, 6.07) is 2.11. The van der Waals surface area contributed by atoms with Gasteiger partial charge in [0.2, 0.25) is 0 Å². The fraction of sp³-hybridized carbons (Fsp3) is 0.500. The summed E-state index contributed by atoms with van der Waals surface area (Å²) in [6.07, 6.45) is 1.40. The van der Waals surface area contributed by atoms with Gasteiger partial charge >= 0.3 is 0 Å². The minimum absolute atomic E-state index is 0.0644. The Hall–Kier alpha value is -1.14. The monoisotopic (exact) mass is 335 g/mol. The maximum atomic E-state index is 13.8. The predicted molar refractivity (Wildman–Crippen MR) is 80.6 cm³/mol. The first-order chi connectivity index (χ1) is 9.54. The molecule has 21 heavy (non-hydrogen) atoms. The van der Waals surface area contributed by atoms with Gasteiger partial charge in [0.1, 0.15) is 5.82 Å². The Kier molecular flexibility index (Phi) is 5.39. The molecule has 0 aromatic heterocycles. The first kappa shape index (κ1) is 17.9. The van der Waals surface area contributed by atoms with Crippen molar-refractivity contribution >= 4 is 25.6 Å². The topological polar surface area (TPSA) is 63.2 Å². The lowest BCUT2D eigenvalue weighted by atomic mass is 9.95. The zero-order valence-electron chi connectivity index (χ0n) is 12.5. The predicted octanol–water partition coefficient (Wildman–Crippen LogP) is 3.37. The Bertz CT molecular complexity index is 654. The van der Waals surface area contributed by atoms with Crippen molar-refractivity contribution in [3.63, 3.8) is 0 Å². The van der Waals surface area contributed by atoms with Crippen LogP contribution in [0.5, 0.6) is 0 Å². The van der Waals surface area contributed by atoms with Crippen LogP contribution >= 0.6 is 10.7 Å². The van der Waals surface area contributed by atoms with Gasteiger partial charge in [-0.25, -0.2) is 12.8 Å². The van der Waals surface area contributed by atoms with E-state index in [1.807, 2.05) is 20.8 Å². The molecule has 0 spiro atoms. The van der Waals surface area contributed by atoms with Crippen molar-refractivity contribution in [2.75, 3.05) is 0 Å². The number of benzene rings is 1. The van der Waals surface area contributed by atoms with Crippen LogP contribution in [0.2, 0.25) is 0 Å². The molecule has 0 atom stereocenters. The highest BCUT2D eigenvalue weighted by Crippen LogP contribution is 2.24. The Morgan fingerprint density at radius 3 is 2.29 bits per heavy atom. The maximum Gasteiger partial charge on any atom is 0.261 e. The number of rotatable bonds is 5. The van der Waals surface area contributed by atoms with Gasteiger partial charge in [-0.15, -0.1) is 0 Å². The lowest BCUT2D eigenvalue weighted by molar-refractivity contribution is 0.0900. The van der Waals surface area contributed by atoms with Gasteiger partial charge in [-0.05, 0) is 38.8 Å². The summed E-state index contributed by atoms with van der Waals surface area (Å²) in [6.45, 7) is 7.02. The Balaban J connectivity index is 3.27. The van der Waals surface area contributed by atoms with Crippen LogP contribution in [-0.4, -0.2) is 19.9 Å². The molecule has 118 valence electrons. The SMILES string of the molecule is CCC(C)(CC)NC(=O)c1cc(F)c(C)c(S(=O)(=O)Cl)c1. The summed E-state index contributed by atoms with van der Waals surface area (Å²) in [5.41, 5.74) is -0.598. The van der Waals surface area contributed by atoms with E-state index in [0.29, 0.717) is 12.8 Å². The van der Waals surface area contributed by atoms with Gasteiger partial charge in [0.05, 0.1) is 4.90 Å². The van der Waals surface area contributed by atoms with E-state index in [0.717, 1.165) is 12.1 Å². The van der Waals surface area contributed by atoms with Crippen molar-refractivity contribution in [1.82, 2.24) is 5.32 Å². The number of halogens is 2. The average molecular weight is 336 g/mol. The summed E-state index contributed by atoms with van der Waals surface area (Å²) >= 11 is 0. The Labute approximate surface area is 129 Å². The second kappa shape index (κ2) is 6.32. The largest absolute Gasteiger partial charge is 0.347 e. The minimum atomic E-state index is -4.11. The average Bonchev–Trinajstić information content (AvgIpc) is 2.40. The van der Waals surface area contributed by atoms with Gasteiger partial charge < -0.3 is 5.32 Å². The van der Waals surface area contributed by atoms with Crippen LogP contribution in [0.4, 0.5) is 4.39 Å². The van der Waals surface area contributed by atoms with Crippen molar-refractivity contribution in [2.45, 2.75) is 51.0 Å². The highest BCUT2D eigenvalue weighted by atomic mass is 35.7. The molecule has 0 aliphatic carbocycles. The van der Waals surface area contributed by atoms with Gasteiger partial charge in [0.15, 0.2) is 0 Å². The zero-order chi connectivity index (χ0) is 16.4. The van der Waals surface area contributed by atoms with Crippen LogP contribution in [-0.2, 0) is 9.05 Å². The Morgan fingerprint density at radius 2 is 1.86 bits per heavy atom. The van der Waals surface area contributed by atoms with Crippen molar-refractivity contribution < 1.29 is 17.6 Å². The van der Waals surface area contributed by atoms with Crippen LogP contribution in [0.1, 0.15) is 49.5 Å². The van der Waals surface area contributed by atoms with Crippen LogP contribution in [0, 0.1) is 12.7 Å². The van der Waals surface area contributed by atoms with Gasteiger partial charge in [0.25, 0.3) is 15.0 Å². The molecule has 0 saturated carbocycles. The van der Waals surface area contributed by atoms with E-state index in [2.05, 4.69) is 5.32 Å². The smallest absolute Gasteiger partial charge is 0.261 e. The van der Waals surface area contributed by atoms with E-state index >= 15 is 0 Å². The van der Waals surface area contributed by atoms with E-state index < -0.39 is 26.3 Å². The van der Waals surface area contributed by atoms with Crippen molar-refractivity contribution in [3.05, 3.63) is 29.1 Å². The molecule has 0 heterocycles. The molecule has 0 bridgehead atoms. The molecule has 7 heteroatoms. The third-order valence-electron chi connectivity index (χ3n) is 3.80. The quantitative estimate of drug-likeness (QED) is 0.839. The van der Waals surface area contributed by atoms with Crippen LogP contribution in [0.25, 0.3) is 0 Å². The molecule has 0 aliphatic heterocycles. The molecule has 0 fully saturated rings. The van der Waals surface area contributed by atoms with Gasteiger partial charge in [-0.1, -0.05) is 13.8 Å². The second-order valence-corrected chi connectivity index (χ2v) is 7.78. The number of hydrogen-bond acceptors (Lipinski definition) is 3. The van der Waals surface area contributed by atoms with Gasteiger partial charge in [0, 0.05) is 27.3 Å². The van der Waals surface area contributed by atoms with E-state index in [1.165, 1.54) is 6.92 Å². The number of amides is 1. The molecule has 0 saturated heterocycles. The molecule has 0 radical (unpaired) electrons. The highest BCUT2D eigenvalue weighted by Gasteiger charge is 2.25. The molecule has 1 aromatic rings. The van der Waals surface area contributed by atoms with E-state index in [4.69, 9.17) is 10.7 Å². The van der Waals surface area contributed by atoms with E-state index in [-0.39, 0.29) is 16.0 Å². The fourth-order valence-corrected chi connectivity index (χ4v) is 3.02. The summed E-state index contributed by atoms with van der Waals surface area (Å²) in [5, 5.41) is 2.79. The normalized spacial score (nSPS) is 12.3. The summed E-state index contributed by atoms with van der Waals surface area (Å²) < 4.78 is 36.7. The van der Waals surface area contributed by atoms with E-state index in [1.54, 1.807) is 0 Å². The molecule has 1 N–H and O–H groups in total.